The Balaban J connectivity index is 0.00000200. The van der Waals surface area contributed by atoms with E-state index in [0.29, 0.717) is 5.13 Å². The minimum Gasteiger partial charge on any atom is -0.375 e. The van der Waals surface area contributed by atoms with Crippen molar-refractivity contribution in [2.75, 3.05) is 37.8 Å². The number of halogens is 1. The molecule has 0 aliphatic rings. The van der Waals surface area contributed by atoms with Gasteiger partial charge in [0.1, 0.15) is 0 Å². The van der Waals surface area contributed by atoms with Gasteiger partial charge in [-0.05, 0) is 19.2 Å². The van der Waals surface area contributed by atoms with Crippen molar-refractivity contribution in [2.45, 2.75) is 6.54 Å². The van der Waals surface area contributed by atoms with E-state index in [1.807, 2.05) is 12.3 Å². The van der Waals surface area contributed by atoms with Crippen LogP contribution in [-0.2, 0) is 6.54 Å². The molecule has 20 heavy (non-hydrogen) atoms. The molecule has 0 saturated heterocycles. The highest BCUT2D eigenvalue weighted by atomic mass is 35.5. The molecule has 110 valence electrons. The third kappa shape index (κ3) is 5.00. The van der Waals surface area contributed by atoms with Gasteiger partial charge in [-0.3, -0.25) is 4.90 Å². The Bertz CT molecular complexity index is 503. The molecule has 1 aromatic heterocycles. The summed E-state index contributed by atoms with van der Waals surface area (Å²) in [6.07, 6.45) is 1.86. The van der Waals surface area contributed by atoms with Crippen LogP contribution in [0.15, 0.2) is 36.5 Å². The molecule has 0 spiro atoms. The zero-order chi connectivity index (χ0) is 13.7. The third-order valence-corrected chi connectivity index (χ3v) is 3.82. The highest BCUT2D eigenvalue weighted by molar-refractivity contribution is 7.15. The molecule has 1 heterocycles. The van der Waals surface area contributed by atoms with E-state index in [0.717, 1.165) is 19.6 Å². The van der Waals surface area contributed by atoms with E-state index in [1.165, 1.54) is 10.6 Å². The van der Waals surface area contributed by atoms with E-state index < -0.39 is 0 Å². The van der Waals surface area contributed by atoms with Gasteiger partial charge in [0, 0.05) is 43.4 Å². The molecule has 0 radical (unpaired) electrons. The van der Waals surface area contributed by atoms with Crippen LogP contribution < -0.4 is 10.6 Å². The zero-order valence-electron chi connectivity index (χ0n) is 11.8. The number of hydrogen-bond acceptors (Lipinski definition) is 5. The predicted octanol–water partition coefficient (Wildman–Crippen LogP) is 2.72. The minimum absolute atomic E-state index is 0. The number of rotatable bonds is 6. The van der Waals surface area contributed by atoms with Gasteiger partial charge in [-0.1, -0.05) is 18.2 Å². The molecule has 1 aromatic carbocycles. The molecule has 2 rings (SSSR count). The average Bonchev–Trinajstić information content (AvgIpc) is 2.82. The molecule has 0 aliphatic heterocycles. The topological polar surface area (TPSA) is 45.4 Å². The van der Waals surface area contributed by atoms with E-state index in [1.54, 1.807) is 11.3 Å². The van der Waals surface area contributed by atoms with Crippen molar-refractivity contribution >= 4 is 34.6 Å². The van der Waals surface area contributed by atoms with Gasteiger partial charge >= 0.3 is 0 Å². The Morgan fingerprint density at radius 2 is 1.85 bits per heavy atom. The number of nitrogen functional groups attached to an aromatic ring is 1. The fraction of sp³-hybridized carbons (Fsp3) is 0.357. The zero-order valence-corrected chi connectivity index (χ0v) is 13.5. The smallest absolute Gasteiger partial charge is 0.180 e. The number of hydrogen-bond donors (Lipinski definition) is 1. The lowest BCUT2D eigenvalue weighted by Gasteiger charge is -2.23. The molecule has 0 aliphatic carbocycles. The molecule has 6 heteroatoms. The van der Waals surface area contributed by atoms with E-state index in [4.69, 9.17) is 5.73 Å². The summed E-state index contributed by atoms with van der Waals surface area (Å²) in [5.74, 6) is 0. The largest absolute Gasteiger partial charge is 0.375 e. The molecule has 2 aromatic rings. The molecular formula is C14H21ClN4S. The summed E-state index contributed by atoms with van der Waals surface area (Å²) < 4.78 is 0. The standard InChI is InChI=1S/C14H20N4S.ClH/c1-17(11-13-10-16-14(15)19-13)8-9-18(2)12-6-4-3-5-7-12;/h3-7,10H,8-9,11H2,1-2H3,(H2,15,16);1H. The first-order valence-corrected chi connectivity index (χ1v) is 7.11. The van der Waals surface area contributed by atoms with Crippen molar-refractivity contribution in [3.05, 3.63) is 41.4 Å². The molecular weight excluding hydrogens is 292 g/mol. The lowest BCUT2D eigenvalue weighted by atomic mass is 10.3. The Kier molecular flexibility index (Phi) is 6.78. The molecule has 2 N–H and O–H groups in total. The highest BCUT2D eigenvalue weighted by Crippen LogP contribution is 2.16. The number of nitrogens with two attached hydrogens (primary N) is 1. The number of thiazole rings is 1. The van der Waals surface area contributed by atoms with Crippen LogP contribution in [0.5, 0.6) is 0 Å². The van der Waals surface area contributed by atoms with Crippen LogP contribution in [0.4, 0.5) is 10.8 Å². The number of benzene rings is 1. The summed E-state index contributed by atoms with van der Waals surface area (Å²) in [5, 5.41) is 0.643. The quantitative estimate of drug-likeness (QED) is 0.891. The van der Waals surface area contributed by atoms with E-state index >= 15 is 0 Å². The van der Waals surface area contributed by atoms with Gasteiger partial charge in [-0.15, -0.1) is 23.7 Å². The second-order valence-electron chi connectivity index (χ2n) is 4.66. The molecule has 4 nitrogen and oxygen atoms in total. The van der Waals surface area contributed by atoms with Crippen molar-refractivity contribution in [3.8, 4) is 0 Å². The first-order chi connectivity index (χ1) is 9.15. The minimum atomic E-state index is 0. The van der Waals surface area contributed by atoms with Gasteiger partial charge in [-0.25, -0.2) is 4.98 Å². The predicted molar refractivity (Wildman–Crippen MR) is 89.8 cm³/mol. The lowest BCUT2D eigenvalue weighted by molar-refractivity contribution is 0.337. The number of aromatic nitrogens is 1. The van der Waals surface area contributed by atoms with Gasteiger partial charge in [0.25, 0.3) is 0 Å². The molecule has 0 atom stereocenters. The van der Waals surface area contributed by atoms with Crippen molar-refractivity contribution in [1.82, 2.24) is 9.88 Å². The van der Waals surface area contributed by atoms with E-state index in [2.05, 4.69) is 53.1 Å². The van der Waals surface area contributed by atoms with Crippen LogP contribution in [0.2, 0.25) is 0 Å². The molecule has 0 fully saturated rings. The second kappa shape index (κ2) is 8.09. The monoisotopic (exact) mass is 312 g/mol. The lowest BCUT2D eigenvalue weighted by Crippen LogP contribution is -2.30. The second-order valence-corrected chi connectivity index (χ2v) is 5.81. The van der Waals surface area contributed by atoms with Crippen molar-refractivity contribution < 1.29 is 0 Å². The first-order valence-electron chi connectivity index (χ1n) is 6.30. The van der Waals surface area contributed by atoms with Gasteiger partial charge in [0.15, 0.2) is 5.13 Å². The van der Waals surface area contributed by atoms with Crippen LogP contribution in [0.3, 0.4) is 0 Å². The van der Waals surface area contributed by atoms with Crippen LogP contribution in [0.25, 0.3) is 0 Å². The summed E-state index contributed by atoms with van der Waals surface area (Å²) in [6.45, 7) is 2.90. The van der Waals surface area contributed by atoms with Crippen LogP contribution in [-0.4, -0.2) is 37.1 Å². The summed E-state index contributed by atoms with van der Waals surface area (Å²) in [4.78, 5) is 9.83. The Morgan fingerprint density at radius 3 is 2.45 bits per heavy atom. The van der Waals surface area contributed by atoms with Crippen molar-refractivity contribution in [3.63, 3.8) is 0 Å². The van der Waals surface area contributed by atoms with Crippen molar-refractivity contribution in [2.24, 2.45) is 0 Å². The van der Waals surface area contributed by atoms with Gasteiger partial charge in [0.05, 0.1) is 0 Å². The third-order valence-electron chi connectivity index (χ3n) is 3.01. The molecule has 0 amide bonds. The number of likely N-dealkylation sites (N-methyl/N-ethyl adjacent to an activating group) is 2. The van der Waals surface area contributed by atoms with Gasteiger partial charge in [0.2, 0.25) is 0 Å². The summed E-state index contributed by atoms with van der Waals surface area (Å²) in [7, 11) is 4.24. The number of nitrogens with zero attached hydrogens (tertiary/aromatic N) is 3. The summed E-state index contributed by atoms with van der Waals surface area (Å²) in [5.41, 5.74) is 6.88. The molecule has 0 unspecified atom stereocenters. The fourth-order valence-electron chi connectivity index (χ4n) is 1.87. The van der Waals surface area contributed by atoms with E-state index in [9.17, 15) is 0 Å². The summed E-state index contributed by atoms with van der Waals surface area (Å²) in [6, 6.07) is 10.4. The maximum atomic E-state index is 5.63. The molecule has 0 saturated carbocycles. The fourth-order valence-corrected chi connectivity index (χ4v) is 2.64. The summed E-state index contributed by atoms with van der Waals surface area (Å²) >= 11 is 1.56. The Labute approximate surface area is 130 Å². The van der Waals surface area contributed by atoms with Crippen LogP contribution in [0, 0.1) is 0 Å². The molecule has 0 bridgehead atoms. The maximum Gasteiger partial charge on any atom is 0.180 e. The average molecular weight is 313 g/mol. The van der Waals surface area contributed by atoms with E-state index in [-0.39, 0.29) is 12.4 Å². The van der Waals surface area contributed by atoms with Gasteiger partial charge < -0.3 is 10.6 Å². The van der Waals surface area contributed by atoms with Crippen molar-refractivity contribution in [1.29, 1.82) is 0 Å². The number of para-hydroxylation sites is 1. The maximum absolute atomic E-state index is 5.63. The Hall–Kier alpha value is -1.30. The van der Waals surface area contributed by atoms with Crippen LogP contribution in [0.1, 0.15) is 4.88 Å². The number of anilines is 2. The Morgan fingerprint density at radius 1 is 1.15 bits per heavy atom. The highest BCUT2D eigenvalue weighted by Gasteiger charge is 2.05. The normalized spacial score (nSPS) is 10.3. The first kappa shape index (κ1) is 16.8. The SMILES string of the molecule is CN(CCN(C)c1ccccc1)Cc1cnc(N)s1.Cl. The van der Waals surface area contributed by atoms with Gasteiger partial charge in [-0.2, -0.15) is 0 Å². The van der Waals surface area contributed by atoms with Crippen LogP contribution >= 0.6 is 23.7 Å².